The highest BCUT2D eigenvalue weighted by molar-refractivity contribution is 6.31. The highest BCUT2D eigenvalue weighted by Gasteiger charge is 2.05. The molecule has 15 heavy (non-hydrogen) atoms. The van der Waals surface area contributed by atoms with Gasteiger partial charge in [-0.2, -0.15) is 5.10 Å². The average molecular weight is 220 g/mol. The number of hydrogen-bond donors (Lipinski definition) is 1. The zero-order valence-electron chi connectivity index (χ0n) is 7.55. The largest absolute Gasteiger partial charge is 0.278 e. The second-order valence-corrected chi connectivity index (χ2v) is 3.26. The van der Waals surface area contributed by atoms with E-state index in [-0.39, 0.29) is 0 Å². The van der Waals surface area contributed by atoms with Gasteiger partial charge in [0.2, 0.25) is 0 Å². The first-order chi connectivity index (χ1) is 7.31. The van der Waals surface area contributed by atoms with Crippen LogP contribution in [0.4, 0.5) is 5.69 Å². The van der Waals surface area contributed by atoms with Gasteiger partial charge in [-0.25, -0.2) is 0 Å². The first kappa shape index (κ1) is 9.58. The van der Waals surface area contributed by atoms with Gasteiger partial charge in [0.05, 0.1) is 5.69 Å². The van der Waals surface area contributed by atoms with Gasteiger partial charge in [-0.15, -0.1) is 0 Å². The summed E-state index contributed by atoms with van der Waals surface area (Å²) >= 11 is 5.80. The lowest BCUT2D eigenvalue weighted by molar-refractivity contribution is 1.09. The summed E-state index contributed by atoms with van der Waals surface area (Å²) < 4.78 is 0. The van der Waals surface area contributed by atoms with Crippen LogP contribution in [0.25, 0.3) is 21.7 Å². The second-order valence-electron chi connectivity index (χ2n) is 2.82. The lowest BCUT2D eigenvalue weighted by Gasteiger charge is -2.02. The Kier molecular flexibility index (Phi) is 2.58. The van der Waals surface area contributed by atoms with E-state index in [0.29, 0.717) is 10.7 Å². The molecule has 6 heteroatoms. The average Bonchev–Trinajstić information content (AvgIpc) is 2.71. The van der Waals surface area contributed by atoms with Gasteiger partial charge in [0.15, 0.2) is 0 Å². The highest BCUT2D eigenvalue weighted by atomic mass is 35.5. The molecule has 1 aromatic heterocycles. The Bertz CT molecular complexity index is 513. The van der Waals surface area contributed by atoms with Crippen molar-refractivity contribution >= 4 is 17.3 Å². The van der Waals surface area contributed by atoms with E-state index in [4.69, 9.17) is 17.1 Å². The maximum absolute atomic E-state index is 8.42. The highest BCUT2D eigenvalue weighted by Crippen LogP contribution is 2.31. The standard InChI is InChI=1S/C9H6ClN5/c10-6-1-2-7(8-3-4-12-13-8)9(5-6)14-15-11/h1-5H,(H,12,13). The third kappa shape index (κ3) is 1.93. The van der Waals surface area contributed by atoms with Crippen molar-refractivity contribution in [3.05, 3.63) is 45.9 Å². The minimum atomic E-state index is 0.481. The van der Waals surface area contributed by atoms with Crippen LogP contribution >= 0.6 is 11.6 Å². The molecule has 1 aromatic carbocycles. The second kappa shape index (κ2) is 4.04. The molecule has 0 fully saturated rings. The van der Waals surface area contributed by atoms with E-state index in [1.807, 2.05) is 0 Å². The molecule has 0 atom stereocenters. The molecule has 1 heterocycles. The molecule has 0 spiro atoms. The Morgan fingerprint density at radius 1 is 1.40 bits per heavy atom. The summed E-state index contributed by atoms with van der Waals surface area (Å²) in [6.07, 6.45) is 1.63. The third-order valence-electron chi connectivity index (χ3n) is 1.90. The van der Waals surface area contributed by atoms with Gasteiger partial charge in [0.25, 0.3) is 0 Å². The fourth-order valence-corrected chi connectivity index (χ4v) is 1.44. The predicted molar refractivity (Wildman–Crippen MR) is 57.8 cm³/mol. The molecule has 5 nitrogen and oxygen atoms in total. The van der Waals surface area contributed by atoms with E-state index in [0.717, 1.165) is 11.3 Å². The Balaban J connectivity index is 2.60. The molecule has 0 bridgehead atoms. The van der Waals surface area contributed by atoms with Crippen molar-refractivity contribution in [2.45, 2.75) is 0 Å². The van der Waals surface area contributed by atoms with Crippen molar-refractivity contribution in [1.29, 1.82) is 0 Å². The quantitative estimate of drug-likeness (QED) is 0.467. The molecule has 2 rings (SSSR count). The fraction of sp³-hybridized carbons (Fsp3) is 0. The molecule has 1 N–H and O–H groups in total. The summed E-state index contributed by atoms with van der Waals surface area (Å²) in [5.41, 5.74) is 10.5. The monoisotopic (exact) mass is 219 g/mol. The molecule has 0 unspecified atom stereocenters. The number of azide groups is 1. The number of nitrogens with one attached hydrogen (secondary N) is 1. The van der Waals surface area contributed by atoms with Crippen molar-refractivity contribution in [3.63, 3.8) is 0 Å². The molecule has 0 radical (unpaired) electrons. The fourth-order valence-electron chi connectivity index (χ4n) is 1.27. The first-order valence-electron chi connectivity index (χ1n) is 4.15. The zero-order valence-corrected chi connectivity index (χ0v) is 8.31. The van der Waals surface area contributed by atoms with Gasteiger partial charge >= 0.3 is 0 Å². The lowest BCUT2D eigenvalue weighted by atomic mass is 10.1. The van der Waals surface area contributed by atoms with Gasteiger partial charge in [-0.05, 0) is 23.7 Å². The summed E-state index contributed by atoms with van der Waals surface area (Å²) in [6, 6.07) is 6.91. The predicted octanol–water partition coefficient (Wildman–Crippen LogP) is 3.67. The molecule has 0 aliphatic rings. The van der Waals surface area contributed by atoms with Gasteiger partial charge in [-0.3, -0.25) is 5.10 Å². The Labute approximate surface area is 90.3 Å². The van der Waals surface area contributed by atoms with Crippen LogP contribution in [0.5, 0.6) is 0 Å². The Morgan fingerprint density at radius 2 is 2.27 bits per heavy atom. The van der Waals surface area contributed by atoms with Crippen LogP contribution in [-0.4, -0.2) is 10.2 Å². The zero-order chi connectivity index (χ0) is 10.7. The van der Waals surface area contributed by atoms with Crippen LogP contribution in [-0.2, 0) is 0 Å². The van der Waals surface area contributed by atoms with Crippen molar-refractivity contribution in [2.24, 2.45) is 5.11 Å². The molecule has 0 saturated carbocycles. The molecule has 2 aromatic rings. The van der Waals surface area contributed by atoms with Crippen molar-refractivity contribution in [1.82, 2.24) is 10.2 Å². The van der Waals surface area contributed by atoms with Gasteiger partial charge in [0.1, 0.15) is 0 Å². The van der Waals surface area contributed by atoms with Gasteiger partial charge in [0, 0.05) is 27.4 Å². The first-order valence-corrected chi connectivity index (χ1v) is 4.53. The van der Waals surface area contributed by atoms with Crippen LogP contribution < -0.4 is 0 Å². The van der Waals surface area contributed by atoms with Gasteiger partial charge < -0.3 is 0 Å². The van der Waals surface area contributed by atoms with E-state index in [1.165, 1.54) is 0 Å². The van der Waals surface area contributed by atoms with Crippen LogP contribution in [0, 0.1) is 0 Å². The number of nitrogens with zero attached hydrogens (tertiary/aromatic N) is 4. The third-order valence-corrected chi connectivity index (χ3v) is 2.14. The molecule has 0 aliphatic heterocycles. The molecule has 0 saturated heterocycles. The Morgan fingerprint density at radius 3 is 2.93 bits per heavy atom. The van der Waals surface area contributed by atoms with E-state index in [1.54, 1.807) is 30.5 Å². The van der Waals surface area contributed by atoms with Gasteiger partial charge in [-0.1, -0.05) is 22.8 Å². The molecule has 0 aliphatic carbocycles. The number of halogens is 1. The lowest BCUT2D eigenvalue weighted by Crippen LogP contribution is -1.79. The van der Waals surface area contributed by atoms with E-state index in [2.05, 4.69) is 20.2 Å². The van der Waals surface area contributed by atoms with Crippen LogP contribution in [0.15, 0.2) is 35.6 Å². The summed E-state index contributed by atoms with van der Waals surface area (Å²) in [4.78, 5) is 2.75. The molecular formula is C9H6ClN5. The number of rotatable bonds is 2. The number of H-pyrrole nitrogens is 1. The summed E-state index contributed by atoms with van der Waals surface area (Å²) in [5, 5.41) is 10.7. The van der Waals surface area contributed by atoms with Crippen molar-refractivity contribution < 1.29 is 0 Å². The number of hydrogen-bond acceptors (Lipinski definition) is 2. The molecule has 0 amide bonds. The SMILES string of the molecule is [N-]=[N+]=Nc1cc(Cl)ccc1-c1ccn[nH]1. The number of aromatic nitrogens is 2. The number of aromatic amines is 1. The summed E-state index contributed by atoms with van der Waals surface area (Å²) in [5.74, 6) is 0. The smallest absolute Gasteiger partial charge is 0.0654 e. The molecule has 74 valence electrons. The minimum absolute atomic E-state index is 0.481. The minimum Gasteiger partial charge on any atom is -0.278 e. The van der Waals surface area contributed by atoms with Crippen molar-refractivity contribution in [2.75, 3.05) is 0 Å². The van der Waals surface area contributed by atoms with Crippen LogP contribution in [0.3, 0.4) is 0 Å². The van der Waals surface area contributed by atoms with E-state index < -0.39 is 0 Å². The topological polar surface area (TPSA) is 77.4 Å². The maximum atomic E-state index is 8.42. The normalized spacial score (nSPS) is 9.67. The number of benzene rings is 1. The Hall–Kier alpha value is -1.97. The van der Waals surface area contributed by atoms with Crippen LogP contribution in [0.2, 0.25) is 5.02 Å². The van der Waals surface area contributed by atoms with E-state index >= 15 is 0 Å². The summed E-state index contributed by atoms with van der Waals surface area (Å²) in [6.45, 7) is 0. The van der Waals surface area contributed by atoms with Crippen molar-refractivity contribution in [3.8, 4) is 11.3 Å². The maximum Gasteiger partial charge on any atom is 0.0654 e. The molecular weight excluding hydrogens is 214 g/mol. The van der Waals surface area contributed by atoms with E-state index in [9.17, 15) is 0 Å². The summed E-state index contributed by atoms with van der Waals surface area (Å²) in [7, 11) is 0. The van der Waals surface area contributed by atoms with Crippen LogP contribution in [0.1, 0.15) is 0 Å².